The first kappa shape index (κ1) is 22.3. The number of hydrogen-bond donors (Lipinski definition) is 0. The van der Waals surface area contributed by atoms with Crippen LogP contribution in [0.1, 0.15) is 82.8 Å². The second kappa shape index (κ2) is 8.51. The van der Waals surface area contributed by atoms with Gasteiger partial charge in [-0.15, -0.1) is 0 Å². The van der Waals surface area contributed by atoms with E-state index in [1.54, 1.807) is 0 Å². The molecule has 2 aromatic rings. The Hall–Kier alpha value is -2.15. The predicted molar refractivity (Wildman–Crippen MR) is 140 cm³/mol. The fourth-order valence-corrected chi connectivity index (χ4v) is 9.04. The molecule has 2 aromatic carbocycles. The molecule has 4 aliphatic carbocycles. The van der Waals surface area contributed by atoms with Crippen LogP contribution < -0.4 is 0 Å². The van der Waals surface area contributed by atoms with Crippen molar-refractivity contribution in [1.29, 1.82) is 0 Å². The van der Waals surface area contributed by atoms with Crippen LogP contribution in [-0.4, -0.2) is 5.78 Å². The third-order valence-electron chi connectivity index (χ3n) is 11.0. The molecule has 0 heterocycles. The molecular formula is C33H40O. The second-order valence-electron chi connectivity index (χ2n) is 12.4. The summed E-state index contributed by atoms with van der Waals surface area (Å²) in [7, 11) is 0. The number of carbonyl (C=O) groups excluding carboxylic acids is 1. The molecular weight excluding hydrogens is 412 g/mol. The van der Waals surface area contributed by atoms with Crippen LogP contribution in [0.25, 0.3) is 5.57 Å². The zero-order chi connectivity index (χ0) is 23.3. The molecule has 1 heteroatoms. The molecule has 1 nitrogen and oxygen atoms in total. The number of allylic oxidation sites excluding steroid dienone is 1. The van der Waals surface area contributed by atoms with E-state index in [-0.39, 0.29) is 5.41 Å². The Labute approximate surface area is 206 Å². The van der Waals surface area contributed by atoms with Crippen molar-refractivity contribution in [1.82, 2.24) is 0 Å². The molecule has 0 spiro atoms. The summed E-state index contributed by atoms with van der Waals surface area (Å²) in [6, 6.07) is 21.9. The maximum Gasteiger partial charge on any atom is 0.139 e. The Morgan fingerprint density at radius 3 is 2.15 bits per heavy atom. The molecule has 6 rings (SSSR count). The maximum atomic E-state index is 12.7. The van der Waals surface area contributed by atoms with Crippen molar-refractivity contribution < 1.29 is 4.79 Å². The van der Waals surface area contributed by atoms with Crippen LogP contribution in [0.2, 0.25) is 0 Å². The lowest BCUT2D eigenvalue weighted by Gasteiger charge is -2.60. The van der Waals surface area contributed by atoms with Gasteiger partial charge in [-0.25, -0.2) is 0 Å². The molecule has 4 aliphatic rings. The first-order valence-electron chi connectivity index (χ1n) is 13.8. The average Bonchev–Trinajstić information content (AvgIpc) is 3.18. The highest BCUT2D eigenvalue weighted by atomic mass is 16.1. The first-order valence-corrected chi connectivity index (χ1v) is 13.8. The smallest absolute Gasteiger partial charge is 0.139 e. The normalized spacial score (nSPS) is 39.0. The van der Waals surface area contributed by atoms with Crippen molar-refractivity contribution in [2.45, 2.75) is 71.6 Å². The van der Waals surface area contributed by atoms with E-state index < -0.39 is 0 Å². The van der Waals surface area contributed by atoms with E-state index in [2.05, 4.69) is 80.6 Å². The lowest BCUT2D eigenvalue weighted by atomic mass is 9.44. The molecule has 4 fully saturated rings. The van der Waals surface area contributed by atoms with E-state index in [4.69, 9.17) is 0 Å². The van der Waals surface area contributed by atoms with Crippen molar-refractivity contribution in [2.75, 3.05) is 0 Å². The van der Waals surface area contributed by atoms with Crippen LogP contribution in [0.15, 0.2) is 66.7 Å². The molecule has 0 radical (unpaired) electrons. The van der Waals surface area contributed by atoms with Gasteiger partial charge >= 0.3 is 0 Å². The average molecular weight is 453 g/mol. The molecule has 4 saturated carbocycles. The number of Topliss-reactive ketones (excluding diaryl/α,β-unsaturated/α-hetero) is 1. The van der Waals surface area contributed by atoms with Crippen molar-refractivity contribution in [3.05, 3.63) is 77.9 Å². The van der Waals surface area contributed by atoms with Gasteiger partial charge in [0.2, 0.25) is 0 Å². The molecule has 0 aliphatic heterocycles. The fourth-order valence-electron chi connectivity index (χ4n) is 9.04. The SMILES string of the molecule is C[C@]12CC[C@H](C=C(c3ccccc3)c3ccccc3)C[C@@H]1CC[C@@H]1[C@@H]2CC[C@]2(C)C(=O)CC[C@@H]12. The highest BCUT2D eigenvalue weighted by molar-refractivity contribution is 5.87. The van der Waals surface area contributed by atoms with Gasteiger partial charge in [0.1, 0.15) is 5.78 Å². The van der Waals surface area contributed by atoms with Gasteiger partial charge < -0.3 is 0 Å². The molecule has 7 atom stereocenters. The van der Waals surface area contributed by atoms with Crippen LogP contribution in [0.3, 0.4) is 0 Å². The molecule has 0 N–H and O–H groups in total. The van der Waals surface area contributed by atoms with Gasteiger partial charge in [0, 0.05) is 11.8 Å². The van der Waals surface area contributed by atoms with E-state index in [0.29, 0.717) is 23.0 Å². The second-order valence-corrected chi connectivity index (χ2v) is 12.4. The number of rotatable bonds is 3. The van der Waals surface area contributed by atoms with Gasteiger partial charge in [0.15, 0.2) is 0 Å². The van der Waals surface area contributed by atoms with E-state index >= 15 is 0 Å². The van der Waals surface area contributed by atoms with Gasteiger partial charge in [0.05, 0.1) is 0 Å². The lowest BCUT2D eigenvalue weighted by molar-refractivity contribution is -0.139. The Morgan fingerprint density at radius 2 is 1.47 bits per heavy atom. The topological polar surface area (TPSA) is 17.1 Å². The molecule has 0 unspecified atom stereocenters. The fraction of sp³-hybridized carbons (Fsp3) is 0.545. The zero-order valence-electron chi connectivity index (χ0n) is 21.0. The lowest BCUT2D eigenvalue weighted by Crippen LogP contribution is -2.53. The van der Waals surface area contributed by atoms with Crippen LogP contribution in [-0.2, 0) is 4.79 Å². The summed E-state index contributed by atoms with van der Waals surface area (Å²) < 4.78 is 0. The summed E-state index contributed by atoms with van der Waals surface area (Å²) in [5.41, 5.74) is 4.55. The maximum absolute atomic E-state index is 12.7. The van der Waals surface area contributed by atoms with Crippen LogP contribution in [0, 0.1) is 40.4 Å². The van der Waals surface area contributed by atoms with Crippen molar-refractivity contribution in [3.8, 4) is 0 Å². The van der Waals surface area contributed by atoms with Crippen molar-refractivity contribution in [2.24, 2.45) is 40.4 Å². The third kappa shape index (κ3) is 3.53. The first-order chi connectivity index (χ1) is 16.5. The Balaban J connectivity index is 1.26. The van der Waals surface area contributed by atoms with Crippen LogP contribution >= 0.6 is 0 Å². The quantitative estimate of drug-likeness (QED) is 0.457. The Kier molecular flexibility index (Phi) is 5.58. The summed E-state index contributed by atoms with van der Waals surface area (Å²) in [6.45, 7) is 4.96. The van der Waals surface area contributed by atoms with E-state index in [1.807, 2.05) is 0 Å². The molecule has 0 aromatic heterocycles. The predicted octanol–water partition coefficient (Wildman–Crippen LogP) is 8.35. The minimum Gasteiger partial charge on any atom is -0.299 e. The zero-order valence-corrected chi connectivity index (χ0v) is 21.0. The summed E-state index contributed by atoms with van der Waals surface area (Å²) >= 11 is 0. The van der Waals surface area contributed by atoms with Gasteiger partial charge in [-0.1, -0.05) is 80.6 Å². The molecule has 0 bridgehead atoms. The number of fused-ring (bicyclic) bond motifs is 5. The van der Waals surface area contributed by atoms with Crippen molar-refractivity contribution >= 4 is 11.4 Å². The minimum absolute atomic E-state index is 0.00454. The van der Waals surface area contributed by atoms with E-state index in [9.17, 15) is 4.79 Å². The minimum atomic E-state index is 0.00454. The number of ketones is 1. The Bertz CT molecular complexity index is 1030. The molecule has 0 amide bonds. The monoisotopic (exact) mass is 452 g/mol. The molecule has 34 heavy (non-hydrogen) atoms. The summed E-state index contributed by atoms with van der Waals surface area (Å²) in [6.07, 6.45) is 13.8. The highest BCUT2D eigenvalue weighted by Gasteiger charge is 2.60. The van der Waals surface area contributed by atoms with Gasteiger partial charge in [-0.2, -0.15) is 0 Å². The largest absolute Gasteiger partial charge is 0.299 e. The third-order valence-corrected chi connectivity index (χ3v) is 11.0. The standard InChI is InChI=1S/C33H40O/c1-32-19-17-23(22-28(24-9-5-3-6-10-24)25-11-7-4-8-12-25)21-26(32)13-14-27-29-15-16-31(34)33(29,2)20-18-30(27)32/h3-12,22-23,26-27,29-30H,13-21H2,1-2H3/t23-,26-,27-,29-,30-,32-,33-/m0/s1. The van der Waals surface area contributed by atoms with Gasteiger partial charge in [0.25, 0.3) is 0 Å². The van der Waals surface area contributed by atoms with Gasteiger partial charge in [-0.3, -0.25) is 4.79 Å². The number of carbonyl (C=O) groups is 1. The summed E-state index contributed by atoms with van der Waals surface area (Å²) in [5, 5.41) is 0. The van der Waals surface area contributed by atoms with E-state index in [1.165, 1.54) is 61.6 Å². The number of hydrogen-bond acceptors (Lipinski definition) is 1. The van der Waals surface area contributed by atoms with Crippen molar-refractivity contribution in [3.63, 3.8) is 0 Å². The summed E-state index contributed by atoms with van der Waals surface area (Å²) in [5.74, 6) is 4.36. The Morgan fingerprint density at radius 1 is 0.794 bits per heavy atom. The highest BCUT2D eigenvalue weighted by Crippen LogP contribution is 2.66. The number of benzene rings is 2. The van der Waals surface area contributed by atoms with E-state index in [0.717, 1.165) is 30.6 Å². The van der Waals surface area contributed by atoms with Crippen LogP contribution in [0.4, 0.5) is 0 Å². The summed E-state index contributed by atoms with van der Waals surface area (Å²) in [4.78, 5) is 12.7. The molecule has 178 valence electrons. The van der Waals surface area contributed by atoms with Gasteiger partial charge in [-0.05, 0) is 103 Å². The molecule has 0 saturated heterocycles. The van der Waals surface area contributed by atoms with Crippen LogP contribution in [0.5, 0.6) is 0 Å².